The summed E-state index contributed by atoms with van der Waals surface area (Å²) in [5.74, 6) is 0.574. The Labute approximate surface area is 269 Å². The number of hydrogen-bond donors (Lipinski definition) is 0. The molecule has 45 heavy (non-hydrogen) atoms. The highest BCUT2D eigenvalue weighted by atomic mass is 16.6. The molecule has 0 aromatic heterocycles. The third-order valence-electron chi connectivity index (χ3n) is 6.32. The summed E-state index contributed by atoms with van der Waals surface area (Å²) in [6.45, 7) is 12.4. The Kier molecular flexibility index (Phi) is 28.9. The summed E-state index contributed by atoms with van der Waals surface area (Å²) in [4.78, 5) is 22.6. The maximum absolute atomic E-state index is 12.0. The highest BCUT2D eigenvalue weighted by Crippen LogP contribution is 2.14. The van der Waals surface area contributed by atoms with E-state index >= 15 is 0 Å². The van der Waals surface area contributed by atoms with Gasteiger partial charge in [0, 0.05) is 5.56 Å². The Morgan fingerprint density at radius 1 is 0.578 bits per heavy atom. The van der Waals surface area contributed by atoms with Gasteiger partial charge in [-0.3, -0.25) is 9.59 Å². The SMILES string of the molecule is CCCCC(CC)C(=O)OCCOCCOCCOCCOCCOCCOCCOCCOCCOc1ccc(C=O)cc1. The van der Waals surface area contributed by atoms with Crippen LogP contribution in [-0.4, -0.2) is 131 Å². The molecule has 0 aliphatic rings. The van der Waals surface area contributed by atoms with Gasteiger partial charge in [0.15, 0.2) is 0 Å². The van der Waals surface area contributed by atoms with E-state index in [0.29, 0.717) is 124 Å². The molecule has 1 aromatic carbocycles. The summed E-state index contributed by atoms with van der Waals surface area (Å²) < 4.78 is 54.5. The Bertz CT molecular complexity index is 792. The first-order valence-electron chi connectivity index (χ1n) is 16.2. The summed E-state index contributed by atoms with van der Waals surface area (Å²) in [5.41, 5.74) is 0.616. The molecule has 12 nitrogen and oxygen atoms in total. The van der Waals surface area contributed by atoms with Gasteiger partial charge in [-0.15, -0.1) is 0 Å². The van der Waals surface area contributed by atoms with E-state index in [4.69, 9.17) is 47.4 Å². The molecule has 12 heteroatoms. The molecule has 0 bridgehead atoms. The minimum absolute atomic E-state index is 0.00547. The van der Waals surface area contributed by atoms with Crippen molar-refractivity contribution >= 4 is 12.3 Å². The normalized spacial score (nSPS) is 11.9. The summed E-state index contributed by atoms with van der Waals surface area (Å²) in [6, 6.07) is 6.93. The molecule has 0 amide bonds. The fraction of sp³-hybridized carbons (Fsp3) is 0.758. The van der Waals surface area contributed by atoms with E-state index < -0.39 is 0 Å². The lowest BCUT2D eigenvalue weighted by molar-refractivity contribution is -0.150. The monoisotopic (exact) mass is 644 g/mol. The molecule has 0 aliphatic carbocycles. The largest absolute Gasteiger partial charge is 0.491 e. The van der Waals surface area contributed by atoms with Crippen molar-refractivity contribution in [2.45, 2.75) is 39.5 Å². The smallest absolute Gasteiger partial charge is 0.308 e. The zero-order chi connectivity index (χ0) is 32.5. The molecule has 0 heterocycles. The zero-order valence-corrected chi connectivity index (χ0v) is 27.4. The van der Waals surface area contributed by atoms with Crippen LogP contribution >= 0.6 is 0 Å². The average molecular weight is 645 g/mol. The fourth-order valence-corrected chi connectivity index (χ4v) is 3.76. The number of esters is 1. The number of ether oxygens (including phenoxy) is 10. The molecule has 0 saturated carbocycles. The predicted octanol–water partition coefficient (Wildman–Crippen LogP) is 3.77. The Hall–Kier alpha value is -2.16. The van der Waals surface area contributed by atoms with Crippen LogP contribution in [0.3, 0.4) is 0 Å². The van der Waals surface area contributed by atoms with Crippen molar-refractivity contribution in [3.63, 3.8) is 0 Å². The van der Waals surface area contributed by atoms with Crippen LogP contribution in [0.25, 0.3) is 0 Å². The van der Waals surface area contributed by atoms with Crippen molar-refractivity contribution < 1.29 is 57.0 Å². The summed E-state index contributed by atoms with van der Waals surface area (Å²) in [6.07, 6.45) is 4.62. The first-order chi connectivity index (χ1) is 22.2. The molecular formula is C33H56O12. The van der Waals surface area contributed by atoms with Gasteiger partial charge in [-0.1, -0.05) is 26.7 Å². The topological polar surface area (TPSA) is 126 Å². The molecular weight excluding hydrogens is 588 g/mol. The van der Waals surface area contributed by atoms with Gasteiger partial charge in [0.25, 0.3) is 0 Å². The molecule has 1 unspecified atom stereocenters. The van der Waals surface area contributed by atoms with Crippen molar-refractivity contribution in [2.24, 2.45) is 5.92 Å². The molecule has 1 rings (SSSR count). The van der Waals surface area contributed by atoms with Gasteiger partial charge in [0.1, 0.15) is 25.2 Å². The first-order valence-corrected chi connectivity index (χ1v) is 16.2. The second kappa shape index (κ2) is 31.8. The number of carbonyl (C=O) groups excluding carboxylic acids is 2. The van der Waals surface area contributed by atoms with E-state index in [-0.39, 0.29) is 18.5 Å². The van der Waals surface area contributed by atoms with Gasteiger partial charge in [0.2, 0.25) is 0 Å². The van der Waals surface area contributed by atoms with Crippen molar-refractivity contribution in [2.75, 3.05) is 119 Å². The molecule has 1 aromatic rings. The van der Waals surface area contributed by atoms with E-state index in [1.54, 1.807) is 24.3 Å². The molecule has 0 saturated heterocycles. The maximum atomic E-state index is 12.0. The van der Waals surface area contributed by atoms with Crippen molar-refractivity contribution in [1.29, 1.82) is 0 Å². The average Bonchev–Trinajstić information content (AvgIpc) is 3.06. The standard InChI is InChI=1S/C33H56O12/c1-3-5-6-31(4-2)33(35)45-28-26-43-24-22-41-20-18-39-16-14-37-12-11-36-13-15-38-17-19-40-21-23-42-25-27-44-32-9-7-30(29-34)8-10-32/h7-10,29,31H,3-6,11-28H2,1-2H3. The maximum Gasteiger partial charge on any atom is 0.308 e. The number of hydrogen-bond acceptors (Lipinski definition) is 12. The fourth-order valence-electron chi connectivity index (χ4n) is 3.76. The van der Waals surface area contributed by atoms with Crippen LogP contribution < -0.4 is 4.74 Å². The van der Waals surface area contributed by atoms with Crippen molar-refractivity contribution in [3.05, 3.63) is 29.8 Å². The second-order valence-electron chi connectivity index (χ2n) is 9.85. The van der Waals surface area contributed by atoms with E-state index in [0.717, 1.165) is 32.0 Å². The number of aldehydes is 1. The lowest BCUT2D eigenvalue weighted by Crippen LogP contribution is -2.20. The first kappa shape index (κ1) is 40.9. The number of benzene rings is 1. The highest BCUT2D eigenvalue weighted by Gasteiger charge is 2.16. The Morgan fingerprint density at radius 2 is 0.956 bits per heavy atom. The van der Waals surface area contributed by atoms with Gasteiger partial charge in [-0.2, -0.15) is 0 Å². The third-order valence-corrected chi connectivity index (χ3v) is 6.32. The van der Waals surface area contributed by atoms with Crippen LogP contribution in [0, 0.1) is 5.92 Å². The second-order valence-corrected chi connectivity index (χ2v) is 9.85. The number of unbranched alkanes of at least 4 members (excludes halogenated alkanes) is 1. The van der Waals surface area contributed by atoms with Crippen molar-refractivity contribution in [3.8, 4) is 5.75 Å². The van der Waals surface area contributed by atoms with Gasteiger partial charge < -0.3 is 47.4 Å². The van der Waals surface area contributed by atoms with E-state index in [2.05, 4.69) is 6.92 Å². The van der Waals surface area contributed by atoms with Crippen LogP contribution in [-0.2, 0) is 47.4 Å². The summed E-state index contributed by atoms with van der Waals surface area (Å²) in [5, 5.41) is 0. The Balaban J connectivity index is 1.69. The van der Waals surface area contributed by atoms with Crippen LogP contribution in [0.4, 0.5) is 0 Å². The van der Waals surface area contributed by atoms with E-state index in [9.17, 15) is 9.59 Å². The predicted molar refractivity (Wildman–Crippen MR) is 168 cm³/mol. The van der Waals surface area contributed by atoms with Crippen molar-refractivity contribution in [1.82, 2.24) is 0 Å². The summed E-state index contributed by atoms with van der Waals surface area (Å²) in [7, 11) is 0. The van der Waals surface area contributed by atoms with Gasteiger partial charge in [-0.25, -0.2) is 0 Å². The molecule has 0 radical (unpaired) electrons. The molecule has 0 fully saturated rings. The van der Waals surface area contributed by atoms with Crippen LogP contribution in [0.1, 0.15) is 49.9 Å². The highest BCUT2D eigenvalue weighted by molar-refractivity contribution is 5.74. The van der Waals surface area contributed by atoms with Crippen LogP contribution in [0.5, 0.6) is 5.75 Å². The molecule has 0 spiro atoms. The van der Waals surface area contributed by atoms with E-state index in [1.165, 1.54) is 0 Å². The van der Waals surface area contributed by atoms with Crippen LogP contribution in [0.15, 0.2) is 24.3 Å². The molecule has 0 N–H and O–H groups in total. The number of rotatable bonds is 34. The lowest BCUT2D eigenvalue weighted by atomic mass is 10.00. The molecule has 0 aliphatic heterocycles. The molecule has 260 valence electrons. The summed E-state index contributed by atoms with van der Waals surface area (Å²) >= 11 is 0. The molecule has 1 atom stereocenters. The quantitative estimate of drug-likeness (QED) is 0.0616. The minimum atomic E-state index is -0.122. The third kappa shape index (κ3) is 25.7. The van der Waals surface area contributed by atoms with Gasteiger partial charge in [-0.05, 0) is 37.1 Å². The van der Waals surface area contributed by atoms with E-state index in [1.807, 2.05) is 6.92 Å². The number of carbonyl (C=O) groups is 2. The zero-order valence-electron chi connectivity index (χ0n) is 27.4. The Morgan fingerprint density at radius 3 is 1.31 bits per heavy atom. The van der Waals surface area contributed by atoms with Gasteiger partial charge in [0.05, 0.1) is 112 Å². The van der Waals surface area contributed by atoms with Crippen LogP contribution in [0.2, 0.25) is 0 Å². The lowest BCUT2D eigenvalue weighted by Gasteiger charge is -2.13. The van der Waals surface area contributed by atoms with Gasteiger partial charge >= 0.3 is 5.97 Å². The minimum Gasteiger partial charge on any atom is -0.491 e.